The van der Waals surface area contributed by atoms with Gasteiger partial charge in [-0.2, -0.15) is 0 Å². The maximum absolute atomic E-state index is 13.5. The molecule has 0 bridgehead atoms. The number of hydrogen-bond acceptors (Lipinski definition) is 3. The summed E-state index contributed by atoms with van der Waals surface area (Å²) in [5.74, 6) is -0.308. The van der Waals surface area contributed by atoms with E-state index < -0.39 is 0 Å². The number of rotatable bonds is 3. The van der Waals surface area contributed by atoms with Crippen LogP contribution in [-0.4, -0.2) is 10.8 Å². The van der Waals surface area contributed by atoms with Gasteiger partial charge in [0.2, 0.25) is 0 Å². The topological polar surface area (TPSA) is 30.0 Å². The second-order valence-electron chi connectivity index (χ2n) is 4.04. The standard InChI is InChI=1S/C13H12FNOS/c1-8(2)13(16)12-4-3-11(17-12)9-5-6-15-7-10(9)14/h3-8H,1-2H3. The van der Waals surface area contributed by atoms with E-state index in [9.17, 15) is 9.18 Å². The lowest BCUT2D eigenvalue weighted by Gasteiger charge is -2.00. The first-order valence-electron chi connectivity index (χ1n) is 5.33. The molecule has 0 spiro atoms. The van der Waals surface area contributed by atoms with Crippen molar-refractivity contribution in [3.63, 3.8) is 0 Å². The lowest BCUT2D eigenvalue weighted by Crippen LogP contribution is -2.04. The van der Waals surface area contributed by atoms with Gasteiger partial charge in [0, 0.05) is 22.6 Å². The number of thiophene rings is 1. The van der Waals surface area contributed by atoms with E-state index in [1.165, 1.54) is 17.5 Å². The lowest BCUT2D eigenvalue weighted by molar-refractivity contribution is 0.0943. The van der Waals surface area contributed by atoms with Gasteiger partial charge >= 0.3 is 0 Å². The van der Waals surface area contributed by atoms with Gasteiger partial charge in [0.15, 0.2) is 5.78 Å². The molecule has 2 nitrogen and oxygen atoms in total. The monoisotopic (exact) mass is 249 g/mol. The predicted octanol–water partition coefficient (Wildman–Crippen LogP) is 3.79. The van der Waals surface area contributed by atoms with Crippen LogP contribution in [0.4, 0.5) is 4.39 Å². The van der Waals surface area contributed by atoms with Crippen LogP contribution in [0.25, 0.3) is 10.4 Å². The van der Waals surface area contributed by atoms with E-state index in [-0.39, 0.29) is 17.5 Å². The lowest BCUT2D eigenvalue weighted by atomic mass is 10.1. The van der Waals surface area contributed by atoms with E-state index in [4.69, 9.17) is 0 Å². The van der Waals surface area contributed by atoms with E-state index >= 15 is 0 Å². The van der Waals surface area contributed by atoms with Gasteiger partial charge < -0.3 is 0 Å². The number of halogens is 1. The molecular weight excluding hydrogens is 237 g/mol. The van der Waals surface area contributed by atoms with Crippen molar-refractivity contribution in [1.29, 1.82) is 0 Å². The van der Waals surface area contributed by atoms with Crippen molar-refractivity contribution >= 4 is 17.1 Å². The maximum atomic E-state index is 13.5. The molecule has 4 heteroatoms. The summed E-state index contributed by atoms with van der Waals surface area (Å²) in [6.07, 6.45) is 2.72. The summed E-state index contributed by atoms with van der Waals surface area (Å²) in [6.45, 7) is 3.71. The minimum atomic E-state index is -0.363. The Balaban J connectivity index is 2.37. The molecule has 17 heavy (non-hydrogen) atoms. The van der Waals surface area contributed by atoms with Crippen LogP contribution < -0.4 is 0 Å². The van der Waals surface area contributed by atoms with Crippen LogP contribution in [0.2, 0.25) is 0 Å². The molecule has 0 radical (unpaired) electrons. The Morgan fingerprint density at radius 1 is 1.35 bits per heavy atom. The molecule has 0 N–H and O–H groups in total. The first-order valence-corrected chi connectivity index (χ1v) is 6.15. The minimum absolute atomic E-state index is 0.0382. The van der Waals surface area contributed by atoms with Crippen molar-refractivity contribution in [1.82, 2.24) is 4.98 Å². The van der Waals surface area contributed by atoms with Gasteiger partial charge in [0.25, 0.3) is 0 Å². The Morgan fingerprint density at radius 2 is 2.12 bits per heavy atom. The van der Waals surface area contributed by atoms with Crippen molar-refractivity contribution in [2.75, 3.05) is 0 Å². The molecule has 88 valence electrons. The number of ketones is 1. The normalized spacial score (nSPS) is 10.8. The fraction of sp³-hybridized carbons (Fsp3) is 0.231. The molecule has 0 saturated carbocycles. The zero-order chi connectivity index (χ0) is 12.4. The molecule has 0 aliphatic carbocycles. The molecule has 0 aliphatic rings. The van der Waals surface area contributed by atoms with Gasteiger partial charge in [-0.15, -0.1) is 11.3 Å². The van der Waals surface area contributed by atoms with E-state index in [2.05, 4.69) is 4.98 Å². The number of aromatic nitrogens is 1. The molecular formula is C13H12FNOS. The average Bonchev–Trinajstić information content (AvgIpc) is 2.77. The number of Topliss-reactive ketones (excluding diaryl/α,β-unsaturated/α-hetero) is 1. The van der Waals surface area contributed by atoms with Gasteiger partial charge in [0.05, 0.1) is 11.1 Å². The summed E-state index contributed by atoms with van der Waals surface area (Å²) in [6, 6.07) is 5.14. The Kier molecular flexibility index (Phi) is 3.33. The highest BCUT2D eigenvalue weighted by atomic mass is 32.1. The summed E-state index contributed by atoms with van der Waals surface area (Å²) >= 11 is 1.32. The highest BCUT2D eigenvalue weighted by molar-refractivity contribution is 7.17. The molecule has 0 amide bonds. The Morgan fingerprint density at radius 3 is 2.76 bits per heavy atom. The van der Waals surface area contributed by atoms with Crippen LogP contribution in [0.3, 0.4) is 0 Å². The fourth-order valence-electron chi connectivity index (χ4n) is 1.47. The number of hydrogen-bond donors (Lipinski definition) is 0. The number of pyridine rings is 1. The quantitative estimate of drug-likeness (QED) is 0.775. The Bertz CT molecular complexity index is 548. The third-order valence-electron chi connectivity index (χ3n) is 2.41. The number of carbonyl (C=O) groups excluding carboxylic acids is 1. The first kappa shape index (κ1) is 11.9. The van der Waals surface area contributed by atoms with Crippen molar-refractivity contribution < 1.29 is 9.18 Å². The molecule has 2 aromatic heterocycles. The van der Waals surface area contributed by atoms with Crippen molar-refractivity contribution in [2.24, 2.45) is 5.92 Å². The van der Waals surface area contributed by atoms with Crippen molar-refractivity contribution in [3.8, 4) is 10.4 Å². The summed E-state index contributed by atoms with van der Waals surface area (Å²) in [5, 5.41) is 0. The first-order chi connectivity index (χ1) is 8.09. The Labute approximate surface area is 103 Å². The van der Waals surface area contributed by atoms with Crippen molar-refractivity contribution in [2.45, 2.75) is 13.8 Å². The highest BCUT2D eigenvalue weighted by Gasteiger charge is 2.14. The molecule has 0 saturated heterocycles. The maximum Gasteiger partial charge on any atom is 0.175 e. The highest BCUT2D eigenvalue weighted by Crippen LogP contribution is 2.30. The number of carbonyl (C=O) groups is 1. The van der Waals surface area contributed by atoms with E-state index in [0.717, 1.165) is 4.88 Å². The molecule has 2 aromatic rings. The van der Waals surface area contributed by atoms with Crippen LogP contribution >= 0.6 is 11.3 Å². The van der Waals surface area contributed by atoms with Gasteiger partial charge in [0.1, 0.15) is 5.82 Å². The zero-order valence-corrected chi connectivity index (χ0v) is 10.4. The molecule has 0 atom stereocenters. The van der Waals surface area contributed by atoms with Gasteiger partial charge in [-0.3, -0.25) is 9.78 Å². The smallest absolute Gasteiger partial charge is 0.175 e. The summed E-state index contributed by atoms with van der Waals surface area (Å²) in [7, 11) is 0. The molecule has 0 fully saturated rings. The van der Waals surface area contributed by atoms with Gasteiger partial charge in [-0.25, -0.2) is 4.39 Å². The van der Waals surface area contributed by atoms with E-state index in [0.29, 0.717) is 10.4 Å². The molecule has 0 aromatic carbocycles. The number of nitrogens with zero attached hydrogens (tertiary/aromatic N) is 1. The average molecular weight is 249 g/mol. The molecule has 0 aliphatic heterocycles. The van der Waals surface area contributed by atoms with Crippen LogP contribution in [0.5, 0.6) is 0 Å². The third kappa shape index (κ3) is 2.42. The zero-order valence-electron chi connectivity index (χ0n) is 9.61. The van der Waals surface area contributed by atoms with Gasteiger partial charge in [-0.05, 0) is 18.2 Å². The van der Waals surface area contributed by atoms with Crippen LogP contribution in [0, 0.1) is 11.7 Å². The minimum Gasteiger partial charge on any atom is -0.293 e. The third-order valence-corrected chi connectivity index (χ3v) is 3.54. The summed E-state index contributed by atoms with van der Waals surface area (Å²) < 4.78 is 13.5. The molecule has 2 heterocycles. The SMILES string of the molecule is CC(C)C(=O)c1ccc(-c2ccncc2F)s1. The largest absolute Gasteiger partial charge is 0.293 e. The van der Waals surface area contributed by atoms with Crippen LogP contribution in [0.1, 0.15) is 23.5 Å². The second-order valence-corrected chi connectivity index (χ2v) is 5.12. The Hall–Kier alpha value is -1.55. The molecule has 2 rings (SSSR count). The van der Waals surface area contributed by atoms with E-state index in [1.54, 1.807) is 24.4 Å². The summed E-state index contributed by atoms with van der Waals surface area (Å²) in [4.78, 5) is 16.9. The summed E-state index contributed by atoms with van der Waals surface area (Å²) in [5.41, 5.74) is 0.493. The second kappa shape index (κ2) is 4.75. The van der Waals surface area contributed by atoms with E-state index in [1.807, 2.05) is 13.8 Å². The van der Waals surface area contributed by atoms with Gasteiger partial charge in [-0.1, -0.05) is 13.8 Å². The fourth-order valence-corrected chi connectivity index (χ4v) is 2.60. The van der Waals surface area contributed by atoms with Crippen LogP contribution in [-0.2, 0) is 0 Å². The van der Waals surface area contributed by atoms with Crippen molar-refractivity contribution in [3.05, 3.63) is 41.3 Å². The molecule has 0 unspecified atom stereocenters. The van der Waals surface area contributed by atoms with Crippen LogP contribution in [0.15, 0.2) is 30.6 Å². The predicted molar refractivity (Wildman–Crippen MR) is 66.7 cm³/mol.